The number of amides is 2. The normalized spacial score (nSPS) is 22.9. The van der Waals surface area contributed by atoms with Crippen LogP contribution in [0.15, 0.2) is 33.0 Å². The van der Waals surface area contributed by atoms with Crippen molar-refractivity contribution in [3.63, 3.8) is 0 Å². The van der Waals surface area contributed by atoms with Crippen molar-refractivity contribution in [1.82, 2.24) is 15.5 Å². The topological polar surface area (TPSA) is 69.1 Å². The summed E-state index contributed by atoms with van der Waals surface area (Å²) in [5.74, 6) is -0.811. The highest BCUT2D eigenvalue weighted by Gasteiger charge is 2.41. The number of nitrogens with zero attached hydrogens (tertiary/aromatic N) is 3. The quantitative estimate of drug-likeness (QED) is 0.616. The van der Waals surface area contributed by atoms with Crippen molar-refractivity contribution in [3.05, 3.63) is 23.0 Å². The third-order valence-corrected chi connectivity index (χ3v) is 5.89. The molecule has 0 saturated carbocycles. The number of hydrogen-bond acceptors (Lipinski definition) is 4. The number of piperidine rings is 1. The molecule has 178 valence electrons. The molecular weight excluding hydrogens is 426 g/mol. The van der Waals surface area contributed by atoms with Gasteiger partial charge in [0.25, 0.3) is 0 Å². The van der Waals surface area contributed by atoms with Gasteiger partial charge in [0, 0.05) is 24.2 Å². The summed E-state index contributed by atoms with van der Waals surface area (Å²) in [4.78, 5) is 23.6. The number of nitrogens with one attached hydrogen (secondary N) is 2. The van der Waals surface area contributed by atoms with Crippen molar-refractivity contribution in [2.75, 3.05) is 19.6 Å². The maximum atomic E-state index is 14.8. The predicted octanol–water partition coefficient (Wildman–Crippen LogP) is 4.36. The number of halogens is 4. The fourth-order valence-electron chi connectivity index (χ4n) is 4.24. The van der Waals surface area contributed by atoms with Crippen molar-refractivity contribution in [2.24, 2.45) is 21.8 Å². The van der Waals surface area contributed by atoms with E-state index in [1.807, 2.05) is 13.8 Å². The maximum absolute atomic E-state index is 14.8. The molecule has 0 bridgehead atoms. The van der Waals surface area contributed by atoms with Crippen LogP contribution in [0.25, 0.3) is 0 Å². The lowest BCUT2D eigenvalue weighted by molar-refractivity contribution is -0.0918. The van der Waals surface area contributed by atoms with Crippen LogP contribution in [0.4, 0.5) is 22.4 Å². The molecule has 0 aromatic carbocycles. The molecule has 2 amide bonds. The summed E-state index contributed by atoms with van der Waals surface area (Å²) in [6.07, 6.45) is -2.94. The third kappa shape index (κ3) is 5.50. The van der Waals surface area contributed by atoms with E-state index in [2.05, 4.69) is 20.6 Å². The number of fused-ring (bicyclic) bond motifs is 1. The van der Waals surface area contributed by atoms with E-state index in [9.17, 15) is 22.4 Å². The molecule has 3 aliphatic rings. The van der Waals surface area contributed by atoms with Crippen molar-refractivity contribution < 1.29 is 22.4 Å². The van der Waals surface area contributed by atoms with Crippen LogP contribution in [0.5, 0.6) is 0 Å². The van der Waals surface area contributed by atoms with Crippen LogP contribution in [-0.2, 0) is 0 Å². The Bertz CT molecular complexity index is 857. The molecular formula is C22H31F4N5O. The van der Waals surface area contributed by atoms with E-state index in [1.54, 1.807) is 18.7 Å². The van der Waals surface area contributed by atoms with Gasteiger partial charge in [0.15, 0.2) is 0 Å². The molecule has 0 aromatic rings. The van der Waals surface area contributed by atoms with Crippen LogP contribution in [0.3, 0.4) is 0 Å². The molecule has 1 fully saturated rings. The molecule has 2 N–H and O–H groups in total. The highest BCUT2D eigenvalue weighted by atomic mass is 19.4. The first-order valence-corrected chi connectivity index (χ1v) is 11.1. The number of hydrogen-bond donors (Lipinski definition) is 2. The summed E-state index contributed by atoms with van der Waals surface area (Å²) in [5, 5.41) is 5.96. The number of carbonyl (C=O) groups is 1. The van der Waals surface area contributed by atoms with Gasteiger partial charge in [0.1, 0.15) is 5.83 Å². The Balaban J connectivity index is 1.74. The molecule has 1 saturated heterocycles. The number of carbonyl (C=O) groups excluding carboxylic acids is 1. The van der Waals surface area contributed by atoms with E-state index < -0.39 is 29.6 Å². The highest BCUT2D eigenvalue weighted by molar-refractivity contribution is 6.02. The van der Waals surface area contributed by atoms with E-state index >= 15 is 0 Å². The van der Waals surface area contributed by atoms with Gasteiger partial charge >= 0.3 is 12.2 Å². The standard InChI is InChI=1S/C22H31F4N5O/c1-12(2)19(15-6-5-7-16(18(15)23)22(24,25)26)30-21(32)31-9-8-14-10-27-20(28-13(3)4)29-17(14)11-31/h7,12-14,19H,5-6,8-11H2,1-4H3,(H,27,28)(H,30,32). The number of guanidine groups is 1. The third-order valence-electron chi connectivity index (χ3n) is 5.89. The Morgan fingerprint density at radius 3 is 2.59 bits per heavy atom. The molecule has 2 aliphatic heterocycles. The number of allylic oxidation sites excluding steroid dienone is 3. The van der Waals surface area contributed by atoms with Crippen LogP contribution in [0, 0.1) is 11.8 Å². The van der Waals surface area contributed by atoms with Gasteiger partial charge in [-0.3, -0.25) is 4.99 Å². The molecule has 2 atom stereocenters. The summed E-state index contributed by atoms with van der Waals surface area (Å²) < 4.78 is 54.3. The monoisotopic (exact) mass is 457 g/mol. The van der Waals surface area contributed by atoms with Crippen LogP contribution < -0.4 is 10.6 Å². The Labute approximate surface area is 185 Å². The Kier molecular flexibility index (Phi) is 7.29. The molecule has 0 spiro atoms. The van der Waals surface area contributed by atoms with Gasteiger partial charge in [-0.2, -0.15) is 13.2 Å². The fraction of sp³-hybridized carbons (Fsp3) is 0.682. The zero-order valence-corrected chi connectivity index (χ0v) is 18.9. The fourth-order valence-corrected chi connectivity index (χ4v) is 4.24. The van der Waals surface area contributed by atoms with Crippen LogP contribution in [0.1, 0.15) is 47.0 Å². The van der Waals surface area contributed by atoms with E-state index in [4.69, 9.17) is 0 Å². The van der Waals surface area contributed by atoms with Gasteiger partial charge in [-0.05, 0) is 44.6 Å². The van der Waals surface area contributed by atoms with Gasteiger partial charge in [0.05, 0.1) is 24.7 Å². The molecule has 6 nitrogen and oxygen atoms in total. The minimum Gasteiger partial charge on any atom is -0.352 e. The van der Waals surface area contributed by atoms with Crippen LogP contribution >= 0.6 is 0 Å². The number of urea groups is 1. The predicted molar refractivity (Wildman–Crippen MR) is 116 cm³/mol. The lowest BCUT2D eigenvalue weighted by Gasteiger charge is -2.36. The lowest BCUT2D eigenvalue weighted by Crippen LogP contribution is -2.53. The maximum Gasteiger partial charge on any atom is 0.418 e. The second-order valence-corrected chi connectivity index (χ2v) is 9.14. The Hall–Kier alpha value is -2.39. The first kappa shape index (κ1) is 24.3. The summed E-state index contributed by atoms with van der Waals surface area (Å²) in [7, 11) is 0. The molecule has 3 rings (SSSR count). The van der Waals surface area contributed by atoms with Crippen molar-refractivity contribution in [1.29, 1.82) is 0 Å². The molecule has 10 heteroatoms. The first-order chi connectivity index (χ1) is 15.0. The van der Waals surface area contributed by atoms with Crippen molar-refractivity contribution >= 4 is 17.7 Å². The molecule has 2 heterocycles. The minimum atomic E-state index is -4.76. The van der Waals surface area contributed by atoms with E-state index in [0.29, 0.717) is 32.0 Å². The van der Waals surface area contributed by atoms with Gasteiger partial charge in [-0.1, -0.05) is 19.9 Å². The molecule has 0 aromatic heterocycles. The SMILES string of the molecule is CC(C)NC1=NCC2CCN(C(=O)NC(C3=C(F)C(C(F)(F)F)=CCC3)C(C)C)CC2=N1. The second kappa shape index (κ2) is 9.62. The zero-order chi connectivity index (χ0) is 23.6. The van der Waals surface area contributed by atoms with Gasteiger partial charge in [0.2, 0.25) is 5.96 Å². The Morgan fingerprint density at radius 2 is 1.97 bits per heavy atom. The molecule has 0 radical (unpaired) electrons. The van der Waals surface area contributed by atoms with Crippen molar-refractivity contribution in [2.45, 2.75) is 65.2 Å². The molecule has 2 unspecified atom stereocenters. The van der Waals surface area contributed by atoms with Crippen LogP contribution in [0.2, 0.25) is 0 Å². The zero-order valence-electron chi connectivity index (χ0n) is 18.9. The molecule has 32 heavy (non-hydrogen) atoms. The smallest absolute Gasteiger partial charge is 0.352 e. The number of likely N-dealkylation sites (tertiary alicyclic amines) is 1. The van der Waals surface area contributed by atoms with Gasteiger partial charge in [-0.15, -0.1) is 0 Å². The minimum absolute atomic E-state index is 0.00335. The van der Waals surface area contributed by atoms with E-state index in [1.165, 1.54) is 0 Å². The second-order valence-electron chi connectivity index (χ2n) is 9.14. The van der Waals surface area contributed by atoms with Gasteiger partial charge in [-0.25, -0.2) is 14.2 Å². The number of alkyl halides is 3. The van der Waals surface area contributed by atoms with Gasteiger partial charge < -0.3 is 15.5 Å². The number of aliphatic imine (C=N–C) groups is 2. The Morgan fingerprint density at radius 1 is 1.25 bits per heavy atom. The summed E-state index contributed by atoms with van der Waals surface area (Å²) in [6.45, 7) is 8.90. The lowest BCUT2D eigenvalue weighted by atomic mass is 9.87. The summed E-state index contributed by atoms with van der Waals surface area (Å²) in [6, 6.07) is -1.06. The van der Waals surface area contributed by atoms with E-state index in [-0.39, 0.29) is 36.3 Å². The average molecular weight is 458 g/mol. The largest absolute Gasteiger partial charge is 0.418 e. The van der Waals surface area contributed by atoms with Crippen molar-refractivity contribution in [3.8, 4) is 0 Å². The summed E-state index contributed by atoms with van der Waals surface area (Å²) in [5.41, 5.74) is -0.389. The average Bonchev–Trinajstić information content (AvgIpc) is 2.70. The first-order valence-electron chi connectivity index (χ1n) is 11.1. The summed E-state index contributed by atoms with van der Waals surface area (Å²) >= 11 is 0. The number of rotatable bonds is 4. The van der Waals surface area contributed by atoms with E-state index in [0.717, 1.165) is 11.8 Å². The highest BCUT2D eigenvalue weighted by Crippen LogP contribution is 2.39. The molecule has 1 aliphatic carbocycles. The van der Waals surface area contributed by atoms with Crippen LogP contribution in [-0.4, -0.2) is 60.5 Å².